The Balaban J connectivity index is 0.00000108. The average Bonchev–Trinajstić information content (AvgIpc) is 3.46. The van der Waals surface area contributed by atoms with E-state index in [-0.39, 0.29) is 11.9 Å². The van der Waals surface area contributed by atoms with Crippen LogP contribution >= 0.6 is 11.9 Å². The molecule has 3 N–H and O–H groups in total. The Bertz CT molecular complexity index is 1460. The zero-order chi connectivity index (χ0) is 28.8. The van der Waals surface area contributed by atoms with Gasteiger partial charge in [-0.15, -0.1) is 0 Å². The first kappa shape index (κ1) is 28.8. The van der Waals surface area contributed by atoms with Crippen LogP contribution in [0.4, 0.5) is 17.3 Å². The number of benzene rings is 2. The van der Waals surface area contributed by atoms with E-state index >= 15 is 0 Å². The average molecular weight is 574 g/mol. The number of fused-ring (bicyclic) bond motifs is 1. The number of piperazine rings is 1. The van der Waals surface area contributed by atoms with Crippen LogP contribution in [0.1, 0.15) is 20.3 Å². The Labute approximate surface area is 246 Å². The normalized spacial score (nSPS) is 17.0. The summed E-state index contributed by atoms with van der Waals surface area (Å²) in [6, 6.07) is 14.8. The van der Waals surface area contributed by atoms with Crippen molar-refractivity contribution >= 4 is 46.6 Å². The van der Waals surface area contributed by atoms with Gasteiger partial charge in [0, 0.05) is 85.3 Å². The predicted octanol–water partition coefficient (Wildman–Crippen LogP) is 4.18. The first-order valence-electron chi connectivity index (χ1n) is 14.1. The summed E-state index contributed by atoms with van der Waals surface area (Å²) in [5.74, 6) is 1.71. The molecule has 1 amide bonds. The number of carbonyl (C=O) groups is 1. The highest BCUT2D eigenvalue weighted by molar-refractivity contribution is 7.97. The van der Waals surface area contributed by atoms with E-state index in [1.54, 1.807) is 0 Å². The van der Waals surface area contributed by atoms with Gasteiger partial charge < -0.3 is 20.9 Å². The molecule has 0 aliphatic carbocycles. The second-order valence-electron chi connectivity index (χ2n) is 10.5. The number of anilines is 3. The van der Waals surface area contributed by atoms with Gasteiger partial charge in [-0.2, -0.15) is 5.10 Å². The molecule has 2 aliphatic heterocycles. The van der Waals surface area contributed by atoms with Crippen LogP contribution in [0.15, 0.2) is 61.1 Å². The molecule has 2 aromatic carbocycles. The minimum atomic E-state index is 0.0709. The zero-order valence-electron chi connectivity index (χ0n) is 24.0. The number of aromatic nitrogens is 4. The summed E-state index contributed by atoms with van der Waals surface area (Å²) < 4.78 is 4.62. The molecule has 6 rings (SSSR count). The van der Waals surface area contributed by atoms with Crippen molar-refractivity contribution in [3.63, 3.8) is 0 Å². The SMILES string of the molecule is CCSN1CC(CC)(n2cc(-c3cccc4cnc(Nc5cccc(N6CCN(C)CC6)c5)nc34)cn2)C1.NC=O. The standard InChI is InChI=1S/C29H36N8S.CH3NO/c1-4-29(20-36(21-29)38-5-2)37-19-23(18-31-37)26-11-6-8-22-17-30-28(33-27(22)26)32-24-9-7-10-25(16-24)35-14-12-34(3)13-15-35;2-1-3/h6-11,16-19H,4-5,12-15,20-21H2,1-3H3,(H,30,32,33);1H,(H2,2,3). The Hall–Kier alpha value is -3.67. The van der Waals surface area contributed by atoms with Crippen molar-refractivity contribution in [1.29, 1.82) is 0 Å². The molecule has 10 nitrogen and oxygen atoms in total. The predicted molar refractivity (Wildman–Crippen MR) is 168 cm³/mol. The lowest BCUT2D eigenvalue weighted by Crippen LogP contribution is -2.59. The summed E-state index contributed by atoms with van der Waals surface area (Å²) in [5.41, 5.74) is 9.57. The number of nitrogens with zero attached hydrogens (tertiary/aromatic N) is 7. The maximum Gasteiger partial charge on any atom is 0.227 e. The second kappa shape index (κ2) is 12.9. The van der Waals surface area contributed by atoms with E-state index < -0.39 is 0 Å². The molecule has 2 saturated heterocycles. The molecule has 0 radical (unpaired) electrons. The van der Waals surface area contributed by atoms with Crippen molar-refractivity contribution < 1.29 is 4.79 Å². The fraction of sp³-hybridized carbons (Fsp3) is 0.400. The van der Waals surface area contributed by atoms with Gasteiger partial charge in [0.25, 0.3) is 0 Å². The van der Waals surface area contributed by atoms with Gasteiger partial charge in [-0.1, -0.05) is 50.1 Å². The minimum Gasteiger partial charge on any atom is -0.372 e. The zero-order valence-corrected chi connectivity index (χ0v) is 24.8. The Morgan fingerprint density at radius 1 is 1.07 bits per heavy atom. The van der Waals surface area contributed by atoms with Gasteiger partial charge in [0.15, 0.2) is 0 Å². The molecular weight excluding hydrogens is 534 g/mol. The fourth-order valence-corrected chi connectivity index (χ4v) is 6.49. The molecule has 2 aromatic heterocycles. The van der Waals surface area contributed by atoms with E-state index in [9.17, 15) is 0 Å². The molecule has 0 bridgehead atoms. The monoisotopic (exact) mass is 573 g/mol. The molecule has 0 atom stereocenters. The van der Waals surface area contributed by atoms with Crippen LogP contribution < -0.4 is 16.0 Å². The van der Waals surface area contributed by atoms with Gasteiger partial charge in [0.2, 0.25) is 12.4 Å². The Kier molecular flexibility index (Phi) is 9.06. The third-order valence-corrected chi connectivity index (χ3v) is 8.75. The van der Waals surface area contributed by atoms with Gasteiger partial charge in [0.1, 0.15) is 0 Å². The van der Waals surface area contributed by atoms with E-state index in [1.165, 1.54) is 5.69 Å². The van der Waals surface area contributed by atoms with E-state index in [4.69, 9.17) is 14.9 Å². The number of hydrogen-bond donors (Lipinski definition) is 2. The van der Waals surface area contributed by atoms with E-state index in [0.29, 0.717) is 5.95 Å². The second-order valence-corrected chi connectivity index (χ2v) is 11.9. The number of para-hydroxylation sites is 1. The van der Waals surface area contributed by atoms with Crippen LogP contribution in [0.5, 0.6) is 0 Å². The van der Waals surface area contributed by atoms with Crippen molar-refractivity contribution in [2.45, 2.75) is 25.8 Å². The summed E-state index contributed by atoms with van der Waals surface area (Å²) in [7, 11) is 2.18. The first-order valence-corrected chi connectivity index (χ1v) is 15.1. The summed E-state index contributed by atoms with van der Waals surface area (Å²) in [4.78, 5) is 23.0. The third-order valence-electron chi connectivity index (χ3n) is 7.87. The number of carbonyl (C=O) groups excluding carboxylic acids is 1. The molecule has 2 fully saturated rings. The molecule has 216 valence electrons. The van der Waals surface area contributed by atoms with Crippen LogP contribution in [-0.4, -0.2) is 87.4 Å². The number of primary amides is 1. The lowest BCUT2D eigenvalue weighted by atomic mass is 9.89. The molecule has 0 saturated carbocycles. The fourth-order valence-electron chi connectivity index (χ4n) is 5.46. The van der Waals surface area contributed by atoms with Gasteiger partial charge in [-0.05, 0) is 31.7 Å². The maximum atomic E-state index is 8.58. The van der Waals surface area contributed by atoms with Crippen molar-refractivity contribution in [2.75, 3.05) is 62.3 Å². The van der Waals surface area contributed by atoms with Crippen molar-refractivity contribution in [3.05, 3.63) is 61.1 Å². The molecule has 0 spiro atoms. The van der Waals surface area contributed by atoms with Gasteiger partial charge in [-0.25, -0.2) is 14.3 Å². The molecule has 4 heterocycles. The summed E-state index contributed by atoms with van der Waals surface area (Å²) in [6.07, 6.45) is 7.40. The highest BCUT2D eigenvalue weighted by atomic mass is 32.2. The van der Waals surface area contributed by atoms with Crippen LogP contribution in [0.2, 0.25) is 0 Å². The lowest BCUT2D eigenvalue weighted by molar-refractivity contribution is -0.106. The lowest BCUT2D eigenvalue weighted by Gasteiger charge is -2.49. The van der Waals surface area contributed by atoms with Crippen molar-refractivity contribution in [2.24, 2.45) is 5.73 Å². The highest BCUT2D eigenvalue weighted by Gasteiger charge is 2.44. The van der Waals surface area contributed by atoms with Crippen molar-refractivity contribution in [3.8, 4) is 11.1 Å². The molecule has 4 aromatic rings. The molecule has 41 heavy (non-hydrogen) atoms. The summed E-state index contributed by atoms with van der Waals surface area (Å²) in [6.45, 7) is 10.8. The first-order chi connectivity index (χ1) is 20.0. The number of hydrogen-bond acceptors (Lipinski definition) is 9. The molecule has 0 unspecified atom stereocenters. The topological polar surface area (TPSA) is 108 Å². The Morgan fingerprint density at radius 2 is 1.83 bits per heavy atom. The van der Waals surface area contributed by atoms with Crippen LogP contribution in [0.25, 0.3) is 22.0 Å². The van der Waals surface area contributed by atoms with Gasteiger partial charge in [0.05, 0.1) is 17.3 Å². The number of rotatable bonds is 8. The smallest absolute Gasteiger partial charge is 0.227 e. The third kappa shape index (κ3) is 6.32. The molecule has 11 heteroatoms. The van der Waals surface area contributed by atoms with E-state index in [2.05, 4.69) is 104 Å². The minimum absolute atomic E-state index is 0.0709. The van der Waals surface area contributed by atoms with E-state index in [1.807, 2.05) is 24.3 Å². The number of amides is 1. The van der Waals surface area contributed by atoms with Gasteiger partial charge in [-0.3, -0.25) is 9.48 Å². The van der Waals surface area contributed by atoms with Gasteiger partial charge >= 0.3 is 0 Å². The molecular formula is C30H39N9OS. The van der Waals surface area contributed by atoms with Crippen LogP contribution in [-0.2, 0) is 10.3 Å². The highest BCUT2D eigenvalue weighted by Crippen LogP contribution is 2.38. The summed E-state index contributed by atoms with van der Waals surface area (Å²) >= 11 is 1.91. The number of nitrogens with two attached hydrogens (primary N) is 1. The van der Waals surface area contributed by atoms with Crippen LogP contribution in [0.3, 0.4) is 0 Å². The van der Waals surface area contributed by atoms with E-state index in [0.717, 1.165) is 79.2 Å². The maximum absolute atomic E-state index is 8.58. The van der Waals surface area contributed by atoms with Crippen LogP contribution in [0, 0.1) is 0 Å². The number of nitrogens with one attached hydrogen (secondary N) is 1. The quantitative estimate of drug-likeness (QED) is 0.237. The van der Waals surface area contributed by atoms with Crippen molar-refractivity contribution in [1.82, 2.24) is 29.0 Å². The molecule has 2 aliphatic rings. The largest absolute Gasteiger partial charge is 0.372 e. The summed E-state index contributed by atoms with van der Waals surface area (Å²) in [5, 5.41) is 9.29. The number of likely N-dealkylation sites (N-methyl/N-ethyl adjacent to an activating group) is 1. The Morgan fingerprint density at radius 3 is 2.56 bits per heavy atom.